The monoisotopic (exact) mass is 265 g/mol. The van der Waals surface area contributed by atoms with E-state index in [1.54, 1.807) is 7.11 Å². The Balaban J connectivity index is 1.93. The molecule has 1 aliphatic rings. The summed E-state index contributed by atoms with van der Waals surface area (Å²) in [6, 6.07) is 0.657. The molecule has 4 nitrogen and oxygen atoms in total. The maximum absolute atomic E-state index is 5.44. The van der Waals surface area contributed by atoms with Crippen LogP contribution in [0.5, 0.6) is 5.88 Å². The number of hydrogen-bond acceptors (Lipinski definition) is 3. The highest BCUT2D eigenvalue weighted by Crippen LogP contribution is 2.22. The van der Waals surface area contributed by atoms with Crippen molar-refractivity contribution in [2.24, 2.45) is 7.05 Å². The highest BCUT2D eigenvalue weighted by atomic mass is 16.5. The molecule has 1 fully saturated rings. The Morgan fingerprint density at radius 3 is 2.47 bits per heavy atom. The van der Waals surface area contributed by atoms with Gasteiger partial charge in [0, 0.05) is 19.6 Å². The molecule has 1 heterocycles. The molecule has 0 saturated heterocycles. The minimum atomic E-state index is 0.657. The van der Waals surface area contributed by atoms with Crippen molar-refractivity contribution in [1.29, 1.82) is 0 Å². The van der Waals surface area contributed by atoms with Crippen LogP contribution in [0, 0.1) is 6.92 Å². The molecule has 1 aliphatic carbocycles. The highest BCUT2D eigenvalue weighted by molar-refractivity contribution is 5.30. The first-order valence-electron chi connectivity index (χ1n) is 7.52. The van der Waals surface area contributed by atoms with Gasteiger partial charge >= 0.3 is 0 Å². The Hall–Kier alpha value is -1.03. The maximum atomic E-state index is 5.44. The van der Waals surface area contributed by atoms with E-state index >= 15 is 0 Å². The van der Waals surface area contributed by atoms with Gasteiger partial charge in [0.05, 0.1) is 18.4 Å². The van der Waals surface area contributed by atoms with Crippen LogP contribution >= 0.6 is 0 Å². The van der Waals surface area contributed by atoms with Gasteiger partial charge in [-0.05, 0) is 19.8 Å². The SMILES string of the molecule is COc1c(CNC2CCCCCCC2)c(C)nn1C. The van der Waals surface area contributed by atoms with Crippen LogP contribution in [0.3, 0.4) is 0 Å². The Bertz CT molecular complexity index is 392. The van der Waals surface area contributed by atoms with Crippen molar-refractivity contribution in [2.45, 2.75) is 64.5 Å². The molecule has 1 N–H and O–H groups in total. The Labute approximate surface area is 116 Å². The molecule has 0 amide bonds. The van der Waals surface area contributed by atoms with Crippen LogP contribution in [0.1, 0.15) is 56.2 Å². The lowest BCUT2D eigenvalue weighted by molar-refractivity contribution is 0.359. The molecule has 2 rings (SSSR count). The van der Waals surface area contributed by atoms with Crippen LogP contribution in [0.25, 0.3) is 0 Å². The van der Waals surface area contributed by atoms with Crippen LogP contribution in [0.15, 0.2) is 0 Å². The lowest BCUT2D eigenvalue weighted by atomic mass is 9.96. The molecule has 0 unspecified atom stereocenters. The molecule has 1 aromatic heterocycles. The van der Waals surface area contributed by atoms with E-state index in [1.807, 2.05) is 11.7 Å². The molecule has 0 aromatic carbocycles. The lowest BCUT2D eigenvalue weighted by Gasteiger charge is -2.21. The standard InChI is InChI=1S/C15H27N3O/c1-12-14(15(19-3)18(2)17-12)11-16-13-9-7-5-4-6-8-10-13/h13,16H,4-11H2,1-3H3. The van der Waals surface area contributed by atoms with Gasteiger partial charge in [0.15, 0.2) is 0 Å². The van der Waals surface area contributed by atoms with E-state index in [9.17, 15) is 0 Å². The van der Waals surface area contributed by atoms with Gasteiger partial charge in [-0.1, -0.05) is 32.1 Å². The van der Waals surface area contributed by atoms with Gasteiger partial charge in [0.1, 0.15) is 0 Å². The first kappa shape index (κ1) is 14.4. The van der Waals surface area contributed by atoms with Crippen LogP contribution < -0.4 is 10.1 Å². The third-order valence-electron chi connectivity index (χ3n) is 4.15. The zero-order valence-corrected chi connectivity index (χ0v) is 12.5. The van der Waals surface area contributed by atoms with E-state index in [1.165, 1.54) is 50.5 Å². The largest absolute Gasteiger partial charge is 0.481 e. The van der Waals surface area contributed by atoms with Crippen LogP contribution in [-0.2, 0) is 13.6 Å². The van der Waals surface area contributed by atoms with Gasteiger partial charge in [-0.2, -0.15) is 5.10 Å². The van der Waals surface area contributed by atoms with Crippen molar-refractivity contribution >= 4 is 0 Å². The quantitative estimate of drug-likeness (QED) is 0.909. The van der Waals surface area contributed by atoms with Gasteiger partial charge in [0.25, 0.3) is 0 Å². The number of ether oxygens (including phenoxy) is 1. The number of aromatic nitrogens is 2. The molecule has 1 aromatic rings. The van der Waals surface area contributed by atoms with Gasteiger partial charge in [0.2, 0.25) is 5.88 Å². The third-order valence-corrected chi connectivity index (χ3v) is 4.15. The summed E-state index contributed by atoms with van der Waals surface area (Å²) in [5.41, 5.74) is 2.27. The first-order chi connectivity index (χ1) is 9.22. The average Bonchev–Trinajstić information content (AvgIpc) is 2.62. The molecule has 0 aliphatic heterocycles. The van der Waals surface area contributed by atoms with Gasteiger partial charge < -0.3 is 10.1 Å². The summed E-state index contributed by atoms with van der Waals surface area (Å²) in [6.45, 7) is 2.92. The second-order valence-electron chi connectivity index (χ2n) is 5.62. The predicted octanol–water partition coefficient (Wildman–Crippen LogP) is 2.94. The topological polar surface area (TPSA) is 39.1 Å². The number of rotatable bonds is 4. The summed E-state index contributed by atoms with van der Waals surface area (Å²) in [7, 11) is 3.65. The zero-order chi connectivity index (χ0) is 13.7. The second kappa shape index (κ2) is 6.94. The minimum absolute atomic E-state index is 0.657. The van der Waals surface area contributed by atoms with Crippen molar-refractivity contribution in [2.75, 3.05) is 7.11 Å². The van der Waals surface area contributed by atoms with Crippen LogP contribution in [0.4, 0.5) is 0 Å². The molecular weight excluding hydrogens is 238 g/mol. The second-order valence-corrected chi connectivity index (χ2v) is 5.62. The Morgan fingerprint density at radius 2 is 1.84 bits per heavy atom. The zero-order valence-electron chi connectivity index (χ0n) is 12.5. The highest BCUT2D eigenvalue weighted by Gasteiger charge is 2.16. The van der Waals surface area contributed by atoms with Gasteiger partial charge in [-0.25, -0.2) is 4.68 Å². The summed E-state index contributed by atoms with van der Waals surface area (Å²) < 4.78 is 7.27. The molecule has 0 bridgehead atoms. The van der Waals surface area contributed by atoms with Gasteiger partial charge in [-0.15, -0.1) is 0 Å². The number of aryl methyl sites for hydroxylation is 2. The molecular formula is C15H27N3O. The summed E-state index contributed by atoms with van der Waals surface area (Å²) in [4.78, 5) is 0. The summed E-state index contributed by atoms with van der Waals surface area (Å²) in [5, 5.41) is 8.13. The number of hydrogen-bond donors (Lipinski definition) is 1. The van der Waals surface area contributed by atoms with E-state index in [0.717, 1.165) is 18.1 Å². The molecule has 4 heteroatoms. The van der Waals surface area contributed by atoms with Crippen molar-refractivity contribution in [3.05, 3.63) is 11.3 Å². The molecule has 0 radical (unpaired) electrons. The van der Waals surface area contributed by atoms with Crippen molar-refractivity contribution in [1.82, 2.24) is 15.1 Å². The maximum Gasteiger partial charge on any atom is 0.216 e. The fourth-order valence-corrected chi connectivity index (χ4v) is 3.05. The smallest absolute Gasteiger partial charge is 0.216 e. The minimum Gasteiger partial charge on any atom is -0.481 e. The molecule has 19 heavy (non-hydrogen) atoms. The van der Waals surface area contributed by atoms with Crippen LogP contribution in [-0.4, -0.2) is 22.9 Å². The summed E-state index contributed by atoms with van der Waals surface area (Å²) in [5.74, 6) is 0.885. The first-order valence-corrected chi connectivity index (χ1v) is 7.52. The molecule has 0 atom stereocenters. The Morgan fingerprint density at radius 1 is 1.21 bits per heavy atom. The third kappa shape index (κ3) is 3.72. The fourth-order valence-electron chi connectivity index (χ4n) is 3.05. The molecule has 108 valence electrons. The fraction of sp³-hybridized carbons (Fsp3) is 0.800. The average molecular weight is 265 g/mol. The lowest BCUT2D eigenvalue weighted by Crippen LogP contribution is -2.29. The summed E-state index contributed by atoms with van der Waals surface area (Å²) in [6.07, 6.45) is 9.55. The number of methoxy groups -OCH3 is 1. The van der Waals surface area contributed by atoms with Crippen LogP contribution in [0.2, 0.25) is 0 Å². The number of nitrogens with one attached hydrogen (secondary N) is 1. The predicted molar refractivity (Wildman–Crippen MR) is 77.4 cm³/mol. The van der Waals surface area contributed by atoms with E-state index in [-0.39, 0.29) is 0 Å². The van der Waals surface area contributed by atoms with E-state index in [2.05, 4.69) is 17.3 Å². The van der Waals surface area contributed by atoms with E-state index in [0.29, 0.717) is 6.04 Å². The molecule has 0 spiro atoms. The van der Waals surface area contributed by atoms with Gasteiger partial charge in [-0.3, -0.25) is 0 Å². The van der Waals surface area contributed by atoms with Crippen molar-refractivity contribution in [3.8, 4) is 5.88 Å². The number of nitrogens with zero attached hydrogens (tertiary/aromatic N) is 2. The summed E-state index contributed by atoms with van der Waals surface area (Å²) >= 11 is 0. The van der Waals surface area contributed by atoms with Crippen molar-refractivity contribution < 1.29 is 4.74 Å². The van der Waals surface area contributed by atoms with E-state index in [4.69, 9.17) is 4.74 Å². The van der Waals surface area contributed by atoms with E-state index < -0.39 is 0 Å². The molecule has 1 saturated carbocycles. The Kier molecular flexibility index (Phi) is 5.25. The van der Waals surface area contributed by atoms with Crippen molar-refractivity contribution in [3.63, 3.8) is 0 Å². The normalized spacial score (nSPS) is 18.1.